The van der Waals surface area contributed by atoms with Crippen molar-refractivity contribution in [3.05, 3.63) is 59.8 Å². The maximum Gasteiger partial charge on any atom is 0.326 e. The van der Waals surface area contributed by atoms with E-state index in [0.29, 0.717) is 5.57 Å². The number of rotatable bonds is 9. The summed E-state index contributed by atoms with van der Waals surface area (Å²) in [6, 6.07) is 5.22. The second-order valence-corrected chi connectivity index (χ2v) is 6.73. The fraction of sp³-hybridized carbons (Fsp3) is 0.368. The fourth-order valence-corrected chi connectivity index (χ4v) is 2.50. The van der Waals surface area contributed by atoms with Gasteiger partial charge in [0, 0.05) is 6.42 Å². The van der Waals surface area contributed by atoms with Crippen LogP contribution in [0, 0.1) is 0 Å². The average Bonchev–Trinajstić information content (AvgIpc) is 3.15. The number of benzene rings is 1. The molecule has 1 aromatic carbocycles. The third-order valence-corrected chi connectivity index (χ3v) is 4.19. The van der Waals surface area contributed by atoms with Crippen LogP contribution in [0.2, 0.25) is 0 Å². The Morgan fingerprint density at radius 1 is 1.28 bits per heavy atom. The minimum absolute atomic E-state index is 0.0585. The number of aliphatic hydroxyl groups is 1. The summed E-state index contributed by atoms with van der Waals surface area (Å²) < 4.78 is 5.11. The van der Waals surface area contributed by atoms with Gasteiger partial charge in [0.25, 0.3) is 5.89 Å². The monoisotopic (exact) mass is 403 g/mol. The van der Waals surface area contributed by atoms with Crippen molar-refractivity contribution in [3.63, 3.8) is 0 Å². The Hall–Kier alpha value is -3.24. The van der Waals surface area contributed by atoms with E-state index in [0.717, 1.165) is 5.56 Å². The highest BCUT2D eigenvalue weighted by Crippen LogP contribution is 2.19. The van der Waals surface area contributed by atoms with Gasteiger partial charge in [-0.3, -0.25) is 0 Å². The molecule has 0 saturated carbocycles. The minimum atomic E-state index is -1.19. The van der Waals surface area contributed by atoms with Crippen molar-refractivity contribution in [2.75, 3.05) is 0 Å². The van der Waals surface area contributed by atoms with Gasteiger partial charge < -0.3 is 31.1 Å². The quantitative estimate of drug-likeness (QED) is 0.388. The SMILES string of the molecule is C=C(C)[C@H](N)c1noc([C@@H](NC(=O)N[C@@H](Cc2ccccc2)C(=O)O)C(C)O)n1. The Labute approximate surface area is 167 Å². The number of nitrogens with two attached hydrogens (primary N) is 1. The number of hydrogen-bond donors (Lipinski definition) is 5. The maximum absolute atomic E-state index is 12.4. The van der Waals surface area contributed by atoms with Crippen molar-refractivity contribution in [2.24, 2.45) is 5.73 Å². The van der Waals surface area contributed by atoms with E-state index < -0.39 is 36.2 Å². The first kappa shape index (κ1) is 22.1. The Kier molecular flexibility index (Phi) is 7.46. The van der Waals surface area contributed by atoms with Crippen molar-refractivity contribution in [2.45, 2.75) is 44.5 Å². The van der Waals surface area contributed by atoms with Gasteiger partial charge in [-0.25, -0.2) is 9.59 Å². The number of nitrogens with zero attached hydrogens (tertiary/aromatic N) is 2. The molecule has 6 N–H and O–H groups in total. The molecule has 2 amide bonds. The highest BCUT2D eigenvalue weighted by atomic mass is 16.5. The zero-order valence-electron chi connectivity index (χ0n) is 16.2. The summed E-state index contributed by atoms with van der Waals surface area (Å²) in [7, 11) is 0. The van der Waals surface area contributed by atoms with E-state index >= 15 is 0 Å². The lowest BCUT2D eigenvalue weighted by Crippen LogP contribution is -2.49. The van der Waals surface area contributed by atoms with Crippen LogP contribution in [0.5, 0.6) is 0 Å². The molecule has 0 aliphatic heterocycles. The zero-order chi connectivity index (χ0) is 21.6. The molecule has 2 rings (SSSR count). The van der Waals surface area contributed by atoms with Gasteiger partial charge >= 0.3 is 12.0 Å². The molecule has 0 bridgehead atoms. The molecule has 0 radical (unpaired) electrons. The molecule has 10 heteroatoms. The van der Waals surface area contributed by atoms with Crippen LogP contribution in [0.25, 0.3) is 0 Å². The van der Waals surface area contributed by atoms with E-state index in [2.05, 4.69) is 27.4 Å². The van der Waals surface area contributed by atoms with Gasteiger partial charge in [-0.05, 0) is 19.4 Å². The number of urea groups is 1. The molecule has 1 heterocycles. The molecule has 1 aromatic heterocycles. The first-order valence-corrected chi connectivity index (χ1v) is 8.95. The molecule has 0 fully saturated rings. The average molecular weight is 403 g/mol. The third kappa shape index (κ3) is 6.13. The number of nitrogens with one attached hydrogen (secondary N) is 2. The molecule has 29 heavy (non-hydrogen) atoms. The third-order valence-electron chi connectivity index (χ3n) is 4.19. The summed E-state index contributed by atoms with van der Waals surface area (Å²) >= 11 is 0. The van der Waals surface area contributed by atoms with Gasteiger partial charge in [0.2, 0.25) is 0 Å². The number of carbonyl (C=O) groups excluding carboxylic acids is 1. The minimum Gasteiger partial charge on any atom is -0.480 e. The van der Waals surface area contributed by atoms with Crippen LogP contribution in [0.3, 0.4) is 0 Å². The first-order valence-electron chi connectivity index (χ1n) is 8.95. The lowest BCUT2D eigenvalue weighted by molar-refractivity contribution is -0.139. The van der Waals surface area contributed by atoms with Crippen LogP contribution in [0.1, 0.15) is 43.2 Å². The van der Waals surface area contributed by atoms with Gasteiger partial charge in [0.1, 0.15) is 12.1 Å². The summed E-state index contributed by atoms with van der Waals surface area (Å²) in [6.07, 6.45) is -0.992. The lowest BCUT2D eigenvalue weighted by atomic mass is 10.1. The number of hydrogen-bond acceptors (Lipinski definition) is 7. The second-order valence-electron chi connectivity index (χ2n) is 6.73. The molecule has 156 valence electrons. The van der Waals surface area contributed by atoms with E-state index in [1.807, 2.05) is 6.07 Å². The summed E-state index contributed by atoms with van der Waals surface area (Å²) in [5, 5.41) is 28.0. The van der Waals surface area contributed by atoms with E-state index in [4.69, 9.17) is 10.3 Å². The Balaban J connectivity index is 2.08. The van der Waals surface area contributed by atoms with Crippen molar-refractivity contribution in [3.8, 4) is 0 Å². The molecule has 1 unspecified atom stereocenters. The van der Waals surface area contributed by atoms with Gasteiger partial charge in [-0.1, -0.05) is 47.6 Å². The molecule has 4 atom stereocenters. The summed E-state index contributed by atoms with van der Waals surface area (Å²) in [4.78, 5) is 28.0. The summed E-state index contributed by atoms with van der Waals surface area (Å²) in [5.41, 5.74) is 7.25. The van der Waals surface area contributed by atoms with E-state index in [1.165, 1.54) is 6.92 Å². The number of aliphatic hydroxyl groups excluding tert-OH is 1. The molecule has 0 aliphatic carbocycles. The predicted molar refractivity (Wildman–Crippen MR) is 104 cm³/mol. The van der Waals surface area contributed by atoms with Gasteiger partial charge in [-0.15, -0.1) is 0 Å². The van der Waals surface area contributed by atoms with E-state index in [-0.39, 0.29) is 18.1 Å². The molecular weight excluding hydrogens is 378 g/mol. The topological polar surface area (TPSA) is 164 Å². The molecular formula is C19H25N5O5. The van der Waals surface area contributed by atoms with Crippen LogP contribution in [0.4, 0.5) is 4.79 Å². The predicted octanol–water partition coefficient (Wildman–Crippen LogP) is 1.06. The molecule has 0 spiro atoms. The maximum atomic E-state index is 12.4. The molecule has 2 aromatic rings. The standard InChI is InChI=1S/C19H25N5O5/c1-10(2)14(20)16-23-17(29-24-16)15(11(3)25)22-19(28)21-13(18(26)27)9-12-7-5-4-6-8-12/h4-8,11,13-15,25H,1,9,20H2,2-3H3,(H,26,27)(H2,21,22,28)/t11?,13-,14-,15-/m0/s1. The van der Waals surface area contributed by atoms with Crippen LogP contribution in [-0.2, 0) is 11.2 Å². The fourth-order valence-electron chi connectivity index (χ4n) is 2.50. The first-order chi connectivity index (χ1) is 13.7. The van der Waals surface area contributed by atoms with Gasteiger partial charge in [0.05, 0.1) is 12.1 Å². The number of carbonyl (C=O) groups is 2. The Morgan fingerprint density at radius 2 is 1.93 bits per heavy atom. The zero-order valence-corrected chi connectivity index (χ0v) is 16.2. The lowest BCUT2D eigenvalue weighted by Gasteiger charge is -2.20. The van der Waals surface area contributed by atoms with Crippen molar-refractivity contribution in [1.82, 2.24) is 20.8 Å². The number of carboxylic acids is 1. The molecule has 0 saturated heterocycles. The number of aromatic nitrogens is 2. The van der Waals surface area contributed by atoms with E-state index in [9.17, 15) is 19.8 Å². The Morgan fingerprint density at radius 3 is 2.48 bits per heavy atom. The van der Waals surface area contributed by atoms with Gasteiger partial charge in [0.15, 0.2) is 5.82 Å². The number of amides is 2. The van der Waals surface area contributed by atoms with Crippen molar-refractivity contribution >= 4 is 12.0 Å². The van der Waals surface area contributed by atoms with Gasteiger partial charge in [-0.2, -0.15) is 4.98 Å². The summed E-state index contributed by atoms with van der Waals surface area (Å²) in [5.74, 6) is -1.09. The van der Waals surface area contributed by atoms with Crippen molar-refractivity contribution < 1.29 is 24.3 Å². The molecule has 0 aliphatic rings. The summed E-state index contributed by atoms with van der Waals surface area (Å²) in [6.45, 7) is 6.85. The highest BCUT2D eigenvalue weighted by Gasteiger charge is 2.29. The van der Waals surface area contributed by atoms with Crippen molar-refractivity contribution in [1.29, 1.82) is 0 Å². The Bertz CT molecular complexity index is 852. The smallest absolute Gasteiger partial charge is 0.326 e. The number of carboxylic acid groups (broad SMARTS) is 1. The van der Waals surface area contributed by atoms with Crippen LogP contribution in [0.15, 0.2) is 47.0 Å². The molecule has 10 nitrogen and oxygen atoms in total. The van der Waals surface area contributed by atoms with Crippen LogP contribution in [-0.4, -0.2) is 44.5 Å². The van der Waals surface area contributed by atoms with E-state index in [1.54, 1.807) is 31.2 Å². The highest BCUT2D eigenvalue weighted by molar-refractivity contribution is 5.83. The number of aliphatic carboxylic acids is 1. The van der Waals surface area contributed by atoms with Crippen LogP contribution < -0.4 is 16.4 Å². The second kappa shape index (κ2) is 9.80. The largest absolute Gasteiger partial charge is 0.480 e. The normalized spacial score (nSPS) is 15.0. The van der Waals surface area contributed by atoms with Crippen LogP contribution >= 0.6 is 0 Å².